The molecular formula is C22H28N2O3. The van der Waals surface area contributed by atoms with Gasteiger partial charge in [-0.3, -0.25) is 9.59 Å². The van der Waals surface area contributed by atoms with Crippen molar-refractivity contribution in [2.75, 3.05) is 32.8 Å². The van der Waals surface area contributed by atoms with Gasteiger partial charge in [0.2, 0.25) is 5.91 Å². The highest BCUT2D eigenvalue weighted by atomic mass is 16.5. The van der Waals surface area contributed by atoms with Gasteiger partial charge in [0.05, 0.1) is 0 Å². The van der Waals surface area contributed by atoms with Gasteiger partial charge in [0.25, 0.3) is 5.91 Å². The number of benzene rings is 1. The molecule has 144 valence electrons. The van der Waals surface area contributed by atoms with E-state index < -0.39 is 0 Å². The smallest absolute Gasteiger partial charge is 0.251 e. The Morgan fingerprint density at radius 2 is 1.70 bits per heavy atom. The van der Waals surface area contributed by atoms with Crippen molar-refractivity contribution in [1.29, 1.82) is 0 Å². The average Bonchev–Trinajstić information content (AvgIpc) is 3.28. The van der Waals surface area contributed by atoms with E-state index in [-0.39, 0.29) is 23.8 Å². The van der Waals surface area contributed by atoms with Crippen LogP contribution in [0.15, 0.2) is 36.4 Å². The molecule has 0 aromatic heterocycles. The molecule has 0 aliphatic carbocycles. The van der Waals surface area contributed by atoms with E-state index in [0.717, 1.165) is 38.6 Å². The molecule has 2 fully saturated rings. The highest BCUT2D eigenvalue weighted by molar-refractivity contribution is 5.83. The second-order valence-corrected chi connectivity index (χ2v) is 7.73. The van der Waals surface area contributed by atoms with Gasteiger partial charge in [-0.2, -0.15) is 0 Å². The quantitative estimate of drug-likeness (QED) is 0.824. The number of rotatable bonds is 3. The molecule has 0 saturated carbocycles. The van der Waals surface area contributed by atoms with Crippen LogP contribution in [0.2, 0.25) is 0 Å². The second kappa shape index (κ2) is 8.26. The van der Waals surface area contributed by atoms with E-state index in [9.17, 15) is 9.59 Å². The summed E-state index contributed by atoms with van der Waals surface area (Å²) < 4.78 is 5.51. The lowest BCUT2D eigenvalue weighted by Crippen LogP contribution is -2.47. The van der Waals surface area contributed by atoms with Gasteiger partial charge < -0.3 is 14.5 Å². The third-order valence-corrected chi connectivity index (χ3v) is 6.03. The molecule has 0 N–H and O–H groups in total. The van der Waals surface area contributed by atoms with Crippen molar-refractivity contribution in [2.45, 2.75) is 38.2 Å². The summed E-state index contributed by atoms with van der Waals surface area (Å²) in [5.74, 6) is 0.416. The molecule has 0 bridgehead atoms. The first-order valence-electron chi connectivity index (χ1n) is 10.2. The molecule has 0 spiro atoms. The number of piperidine rings is 1. The highest BCUT2D eigenvalue weighted by Gasteiger charge is 2.34. The Labute approximate surface area is 161 Å². The van der Waals surface area contributed by atoms with Crippen LogP contribution in [0.1, 0.15) is 37.7 Å². The van der Waals surface area contributed by atoms with Gasteiger partial charge in [0.1, 0.15) is 6.10 Å². The van der Waals surface area contributed by atoms with Crippen LogP contribution in [0.4, 0.5) is 0 Å². The first-order chi connectivity index (χ1) is 13.2. The maximum absolute atomic E-state index is 12.9. The number of hydrogen-bond acceptors (Lipinski definition) is 3. The molecule has 2 saturated heterocycles. The molecule has 5 heteroatoms. The summed E-state index contributed by atoms with van der Waals surface area (Å²) in [5.41, 5.74) is 2.59. The van der Waals surface area contributed by atoms with Crippen LogP contribution < -0.4 is 0 Å². The number of likely N-dealkylation sites (tertiary alicyclic amines) is 1. The zero-order valence-electron chi connectivity index (χ0n) is 15.8. The number of ether oxygens (including phenoxy) is 1. The zero-order chi connectivity index (χ0) is 18.6. The summed E-state index contributed by atoms with van der Waals surface area (Å²) in [6, 6.07) is 10.4. The molecule has 5 nitrogen and oxygen atoms in total. The molecule has 1 aromatic rings. The minimum atomic E-state index is -0.249. The van der Waals surface area contributed by atoms with Crippen LogP contribution >= 0.6 is 0 Å². The van der Waals surface area contributed by atoms with Crippen molar-refractivity contribution >= 4 is 17.4 Å². The first-order valence-corrected chi connectivity index (χ1v) is 10.2. The molecule has 2 amide bonds. The average molecular weight is 368 g/mol. The minimum Gasteiger partial charge on any atom is -0.368 e. The maximum atomic E-state index is 12.9. The number of carbonyl (C=O) groups is 2. The summed E-state index contributed by atoms with van der Waals surface area (Å²) in [4.78, 5) is 29.2. The van der Waals surface area contributed by atoms with Crippen molar-refractivity contribution in [3.63, 3.8) is 0 Å². The Kier molecular flexibility index (Phi) is 5.58. The Balaban J connectivity index is 1.28. The second-order valence-electron chi connectivity index (χ2n) is 7.73. The zero-order valence-corrected chi connectivity index (χ0v) is 15.8. The lowest BCUT2D eigenvalue weighted by molar-refractivity contribution is -0.145. The van der Waals surface area contributed by atoms with E-state index in [0.29, 0.717) is 26.2 Å². The van der Waals surface area contributed by atoms with Crippen molar-refractivity contribution < 1.29 is 14.3 Å². The van der Waals surface area contributed by atoms with Crippen LogP contribution in [-0.2, 0) is 14.3 Å². The molecule has 3 aliphatic heterocycles. The lowest BCUT2D eigenvalue weighted by Gasteiger charge is -2.36. The van der Waals surface area contributed by atoms with Crippen LogP contribution in [0.3, 0.4) is 0 Å². The van der Waals surface area contributed by atoms with E-state index in [4.69, 9.17) is 4.74 Å². The van der Waals surface area contributed by atoms with E-state index in [1.54, 1.807) is 0 Å². The summed E-state index contributed by atoms with van der Waals surface area (Å²) in [6.45, 7) is 3.52. The van der Waals surface area contributed by atoms with Gasteiger partial charge in [-0.25, -0.2) is 0 Å². The molecule has 1 aromatic carbocycles. The van der Waals surface area contributed by atoms with Crippen molar-refractivity contribution in [1.82, 2.24) is 9.80 Å². The van der Waals surface area contributed by atoms with Crippen LogP contribution in [-0.4, -0.2) is 60.5 Å². The van der Waals surface area contributed by atoms with Gasteiger partial charge in [-0.15, -0.1) is 0 Å². The van der Waals surface area contributed by atoms with Crippen molar-refractivity contribution in [2.24, 2.45) is 5.92 Å². The fraction of sp³-hybridized carbons (Fsp3) is 0.545. The predicted octanol–water partition coefficient (Wildman–Crippen LogP) is 2.72. The SMILES string of the molecule is O=C(C1CCN(C(=O)[C@H]2CCCO2)CC1)N1CC=C(c2ccccc2)CC1. The maximum Gasteiger partial charge on any atom is 0.251 e. The number of amides is 2. The fourth-order valence-electron chi connectivity index (χ4n) is 4.36. The Morgan fingerprint density at radius 1 is 0.926 bits per heavy atom. The molecule has 4 rings (SSSR count). The summed E-state index contributed by atoms with van der Waals surface area (Å²) in [5, 5.41) is 0. The van der Waals surface area contributed by atoms with Gasteiger partial charge >= 0.3 is 0 Å². The lowest BCUT2D eigenvalue weighted by atomic mass is 9.93. The van der Waals surface area contributed by atoms with Crippen molar-refractivity contribution in [3.8, 4) is 0 Å². The summed E-state index contributed by atoms with van der Waals surface area (Å²) in [7, 11) is 0. The topological polar surface area (TPSA) is 49.9 Å². The van der Waals surface area contributed by atoms with Gasteiger partial charge in [0, 0.05) is 38.7 Å². The third-order valence-electron chi connectivity index (χ3n) is 6.03. The van der Waals surface area contributed by atoms with Gasteiger partial charge in [-0.05, 0) is 43.2 Å². The number of hydrogen-bond donors (Lipinski definition) is 0. The largest absolute Gasteiger partial charge is 0.368 e. The highest BCUT2D eigenvalue weighted by Crippen LogP contribution is 2.26. The van der Waals surface area contributed by atoms with Gasteiger partial charge in [-0.1, -0.05) is 36.4 Å². The molecule has 0 unspecified atom stereocenters. The fourth-order valence-corrected chi connectivity index (χ4v) is 4.36. The minimum absolute atomic E-state index is 0.0465. The molecule has 27 heavy (non-hydrogen) atoms. The van der Waals surface area contributed by atoms with E-state index >= 15 is 0 Å². The third kappa shape index (κ3) is 4.08. The monoisotopic (exact) mass is 368 g/mol. The summed E-state index contributed by atoms with van der Waals surface area (Å²) in [6.07, 6.45) is 6.19. The van der Waals surface area contributed by atoms with E-state index in [1.807, 2.05) is 15.9 Å². The van der Waals surface area contributed by atoms with Crippen LogP contribution in [0.25, 0.3) is 5.57 Å². The van der Waals surface area contributed by atoms with E-state index in [1.165, 1.54) is 11.1 Å². The standard InChI is InChI=1S/C22H28N2O3/c25-21(23-12-8-18(9-13-23)17-5-2-1-3-6-17)19-10-14-24(15-11-19)22(26)20-7-4-16-27-20/h1-3,5-6,8,19-20H,4,7,9-16H2/t20-/m1/s1. The van der Waals surface area contributed by atoms with Gasteiger partial charge in [0.15, 0.2) is 0 Å². The Morgan fingerprint density at radius 3 is 2.33 bits per heavy atom. The number of nitrogens with zero attached hydrogens (tertiary/aromatic N) is 2. The molecule has 1 atom stereocenters. The molecule has 3 aliphatic rings. The van der Waals surface area contributed by atoms with E-state index in [2.05, 4.69) is 30.3 Å². The molecule has 0 radical (unpaired) electrons. The summed E-state index contributed by atoms with van der Waals surface area (Å²) >= 11 is 0. The molecule has 3 heterocycles. The van der Waals surface area contributed by atoms with Crippen molar-refractivity contribution in [3.05, 3.63) is 42.0 Å². The predicted molar refractivity (Wildman–Crippen MR) is 104 cm³/mol. The normalized spacial score (nSPS) is 24.0. The Hall–Kier alpha value is -2.14. The Bertz CT molecular complexity index is 702. The van der Waals surface area contributed by atoms with Crippen LogP contribution in [0, 0.1) is 5.92 Å². The number of carbonyl (C=O) groups excluding carboxylic acids is 2. The van der Waals surface area contributed by atoms with Crippen LogP contribution in [0.5, 0.6) is 0 Å². The first kappa shape index (κ1) is 18.2. The molecular weight excluding hydrogens is 340 g/mol.